The molecule has 7 heteroatoms. The Kier molecular flexibility index (Phi) is 4.15. The van der Waals surface area contributed by atoms with E-state index in [0.29, 0.717) is 23.5 Å². The van der Waals surface area contributed by atoms with E-state index < -0.39 is 0 Å². The van der Waals surface area contributed by atoms with Gasteiger partial charge in [-0.15, -0.1) is 11.8 Å². The van der Waals surface area contributed by atoms with Gasteiger partial charge in [0.05, 0.1) is 18.0 Å². The van der Waals surface area contributed by atoms with E-state index in [1.165, 1.54) is 11.8 Å². The van der Waals surface area contributed by atoms with E-state index in [2.05, 4.69) is 15.7 Å². The molecule has 0 saturated heterocycles. The molecule has 2 amide bonds. The molecule has 2 aromatic rings. The molecule has 1 aromatic heterocycles. The summed E-state index contributed by atoms with van der Waals surface area (Å²) < 4.78 is 1.77. The van der Waals surface area contributed by atoms with Crippen LogP contribution in [0.3, 0.4) is 0 Å². The first-order chi connectivity index (χ1) is 10.6. The van der Waals surface area contributed by atoms with Crippen LogP contribution < -0.4 is 10.6 Å². The Morgan fingerprint density at radius 1 is 1.55 bits per heavy atom. The molecular weight excluding hydrogens is 300 g/mol. The van der Waals surface area contributed by atoms with E-state index in [9.17, 15) is 9.59 Å². The zero-order valence-electron chi connectivity index (χ0n) is 12.1. The Hall–Kier alpha value is -2.28. The maximum atomic E-state index is 12.3. The maximum absolute atomic E-state index is 12.3. The summed E-state index contributed by atoms with van der Waals surface area (Å²) in [5.41, 5.74) is 1.24. The molecule has 2 heterocycles. The quantitative estimate of drug-likeness (QED) is 0.901. The van der Waals surface area contributed by atoms with E-state index >= 15 is 0 Å². The first-order valence-corrected chi connectivity index (χ1v) is 7.95. The lowest BCUT2D eigenvalue weighted by atomic mass is 10.1. The third-order valence-corrected chi connectivity index (χ3v) is 4.35. The summed E-state index contributed by atoms with van der Waals surface area (Å²) in [6.45, 7) is 2.53. The average Bonchev–Trinajstić information content (AvgIpc) is 2.99. The number of thioether (sulfide) groups is 1. The number of amides is 2. The third kappa shape index (κ3) is 3.30. The van der Waals surface area contributed by atoms with Crippen molar-refractivity contribution in [3.8, 4) is 0 Å². The molecule has 1 atom stereocenters. The number of fused-ring (bicyclic) bond motifs is 1. The molecule has 1 aliphatic rings. The molecule has 0 radical (unpaired) electrons. The lowest BCUT2D eigenvalue weighted by Gasteiger charge is -2.18. The lowest BCUT2D eigenvalue weighted by Crippen LogP contribution is -2.35. The highest BCUT2D eigenvalue weighted by molar-refractivity contribution is 8.00. The fraction of sp³-hybridized carbons (Fsp3) is 0.267. The number of carbonyl (C=O) groups is 2. The zero-order chi connectivity index (χ0) is 15.5. The summed E-state index contributed by atoms with van der Waals surface area (Å²) in [6, 6.07) is 7.16. The SMILES string of the molecule is CC(Cn1cccn1)NC(=O)c1ccc2c(c1)NC(=O)CS2. The van der Waals surface area contributed by atoms with Gasteiger partial charge in [-0.3, -0.25) is 14.3 Å². The number of nitrogens with one attached hydrogen (secondary N) is 2. The van der Waals surface area contributed by atoms with Crippen molar-refractivity contribution in [3.63, 3.8) is 0 Å². The Labute approximate surface area is 132 Å². The van der Waals surface area contributed by atoms with Crippen molar-refractivity contribution >= 4 is 29.3 Å². The number of benzene rings is 1. The Morgan fingerprint density at radius 3 is 3.18 bits per heavy atom. The minimum Gasteiger partial charge on any atom is -0.348 e. The number of hydrogen-bond donors (Lipinski definition) is 2. The Morgan fingerprint density at radius 2 is 2.41 bits per heavy atom. The van der Waals surface area contributed by atoms with Gasteiger partial charge in [0, 0.05) is 28.9 Å². The fourth-order valence-electron chi connectivity index (χ4n) is 2.27. The lowest BCUT2D eigenvalue weighted by molar-refractivity contribution is -0.113. The topological polar surface area (TPSA) is 76.0 Å². The number of carbonyl (C=O) groups excluding carboxylic acids is 2. The molecule has 114 valence electrons. The standard InChI is InChI=1S/C15H16N4O2S/c1-10(8-19-6-2-5-16-19)17-15(21)11-3-4-13-12(7-11)18-14(20)9-22-13/h2-7,10H,8-9H2,1H3,(H,17,21)(H,18,20). The first-order valence-electron chi connectivity index (χ1n) is 6.97. The van der Waals surface area contributed by atoms with E-state index in [-0.39, 0.29) is 17.9 Å². The highest BCUT2D eigenvalue weighted by atomic mass is 32.2. The van der Waals surface area contributed by atoms with Gasteiger partial charge in [-0.25, -0.2) is 0 Å². The van der Waals surface area contributed by atoms with Gasteiger partial charge in [-0.2, -0.15) is 5.10 Å². The minimum absolute atomic E-state index is 0.0397. The van der Waals surface area contributed by atoms with Crippen LogP contribution in [0.5, 0.6) is 0 Å². The summed E-state index contributed by atoms with van der Waals surface area (Å²) in [7, 11) is 0. The smallest absolute Gasteiger partial charge is 0.251 e. The van der Waals surface area contributed by atoms with Crippen LogP contribution >= 0.6 is 11.8 Å². The molecule has 0 saturated carbocycles. The molecular formula is C15H16N4O2S. The highest BCUT2D eigenvalue weighted by Crippen LogP contribution is 2.31. The minimum atomic E-state index is -0.160. The number of aromatic nitrogens is 2. The molecule has 3 rings (SSSR count). The van der Waals surface area contributed by atoms with Crippen molar-refractivity contribution < 1.29 is 9.59 Å². The average molecular weight is 316 g/mol. The van der Waals surface area contributed by atoms with E-state index in [1.54, 1.807) is 23.0 Å². The fourth-order valence-corrected chi connectivity index (χ4v) is 3.05. The molecule has 1 aromatic carbocycles. The molecule has 22 heavy (non-hydrogen) atoms. The maximum Gasteiger partial charge on any atom is 0.251 e. The molecule has 1 unspecified atom stereocenters. The van der Waals surface area contributed by atoms with Crippen LogP contribution in [0, 0.1) is 0 Å². The molecule has 0 bridgehead atoms. The summed E-state index contributed by atoms with van der Waals surface area (Å²) >= 11 is 1.48. The summed E-state index contributed by atoms with van der Waals surface area (Å²) in [4.78, 5) is 24.7. The predicted octanol–water partition coefficient (Wildman–Crippen LogP) is 1.75. The van der Waals surface area contributed by atoms with Crippen LogP contribution in [-0.4, -0.2) is 33.4 Å². The van der Waals surface area contributed by atoms with Gasteiger partial charge in [-0.05, 0) is 31.2 Å². The Bertz CT molecular complexity index is 700. The van der Waals surface area contributed by atoms with E-state index in [4.69, 9.17) is 0 Å². The van der Waals surface area contributed by atoms with Crippen LogP contribution in [0.2, 0.25) is 0 Å². The summed E-state index contributed by atoms with van der Waals surface area (Å²) in [6.07, 6.45) is 3.56. The second-order valence-corrected chi connectivity index (χ2v) is 6.17. The van der Waals surface area contributed by atoms with Crippen molar-refractivity contribution in [2.75, 3.05) is 11.1 Å². The van der Waals surface area contributed by atoms with Gasteiger partial charge in [0.15, 0.2) is 0 Å². The zero-order valence-corrected chi connectivity index (χ0v) is 12.9. The monoisotopic (exact) mass is 316 g/mol. The van der Waals surface area contributed by atoms with Gasteiger partial charge in [0.2, 0.25) is 5.91 Å². The van der Waals surface area contributed by atoms with Crippen LogP contribution in [-0.2, 0) is 11.3 Å². The summed E-state index contributed by atoms with van der Waals surface area (Å²) in [5, 5.41) is 9.84. The van der Waals surface area contributed by atoms with Crippen LogP contribution in [0.1, 0.15) is 17.3 Å². The normalized spacial score (nSPS) is 14.9. The van der Waals surface area contributed by atoms with Crippen LogP contribution in [0.25, 0.3) is 0 Å². The van der Waals surface area contributed by atoms with Crippen molar-refractivity contribution in [1.82, 2.24) is 15.1 Å². The van der Waals surface area contributed by atoms with Gasteiger partial charge < -0.3 is 10.6 Å². The second-order valence-electron chi connectivity index (χ2n) is 5.15. The van der Waals surface area contributed by atoms with Crippen molar-refractivity contribution in [2.24, 2.45) is 0 Å². The van der Waals surface area contributed by atoms with Gasteiger partial charge in [-0.1, -0.05) is 0 Å². The highest BCUT2D eigenvalue weighted by Gasteiger charge is 2.18. The molecule has 0 spiro atoms. The molecule has 0 aliphatic carbocycles. The summed E-state index contributed by atoms with van der Waals surface area (Å²) in [5.74, 6) is 0.216. The van der Waals surface area contributed by atoms with Crippen molar-refractivity contribution in [1.29, 1.82) is 0 Å². The molecule has 6 nitrogen and oxygen atoms in total. The number of hydrogen-bond acceptors (Lipinski definition) is 4. The molecule has 2 N–H and O–H groups in total. The van der Waals surface area contributed by atoms with Crippen molar-refractivity contribution in [2.45, 2.75) is 24.4 Å². The van der Waals surface area contributed by atoms with Crippen LogP contribution in [0.15, 0.2) is 41.6 Å². The number of rotatable bonds is 4. The van der Waals surface area contributed by atoms with E-state index in [0.717, 1.165) is 4.90 Å². The Balaban J connectivity index is 1.67. The van der Waals surface area contributed by atoms with Gasteiger partial charge >= 0.3 is 0 Å². The van der Waals surface area contributed by atoms with Crippen molar-refractivity contribution in [3.05, 3.63) is 42.2 Å². The predicted molar refractivity (Wildman–Crippen MR) is 85.0 cm³/mol. The molecule has 1 aliphatic heterocycles. The largest absolute Gasteiger partial charge is 0.348 e. The second kappa shape index (κ2) is 6.23. The number of nitrogens with zero attached hydrogens (tertiary/aromatic N) is 2. The van der Waals surface area contributed by atoms with E-state index in [1.807, 2.05) is 25.3 Å². The van der Waals surface area contributed by atoms with Gasteiger partial charge in [0.1, 0.15) is 0 Å². The number of anilines is 1. The molecule has 0 fully saturated rings. The van der Waals surface area contributed by atoms with Gasteiger partial charge in [0.25, 0.3) is 5.91 Å². The third-order valence-electron chi connectivity index (χ3n) is 3.27. The van der Waals surface area contributed by atoms with Crippen LogP contribution in [0.4, 0.5) is 5.69 Å². The first kappa shape index (κ1) is 14.6.